The Morgan fingerprint density at radius 1 is 1.60 bits per heavy atom. The zero-order valence-corrected chi connectivity index (χ0v) is 7.98. The smallest absolute Gasteiger partial charge is 0.410 e. The molecule has 2 aromatic rings. The average molecular weight is 207 g/mol. The van der Waals surface area contributed by atoms with Crippen LogP contribution in [0, 0.1) is 0 Å². The highest BCUT2D eigenvalue weighted by atomic mass is 16.6. The van der Waals surface area contributed by atoms with E-state index >= 15 is 0 Å². The van der Waals surface area contributed by atoms with E-state index in [0.29, 0.717) is 22.5 Å². The van der Waals surface area contributed by atoms with Gasteiger partial charge < -0.3 is 20.3 Å². The number of hydrogen-bond acceptors (Lipinski definition) is 5. The second-order valence-electron chi connectivity index (χ2n) is 2.87. The van der Waals surface area contributed by atoms with Crippen LogP contribution in [-0.4, -0.2) is 18.3 Å². The predicted octanol–water partition coefficient (Wildman–Crippen LogP) is 1.13. The van der Waals surface area contributed by atoms with Crippen molar-refractivity contribution in [2.45, 2.75) is 0 Å². The van der Waals surface area contributed by atoms with Crippen molar-refractivity contribution in [1.82, 2.24) is 10.5 Å². The molecule has 1 aromatic carbocycles. The second kappa shape index (κ2) is 3.49. The zero-order valence-electron chi connectivity index (χ0n) is 7.98. The van der Waals surface area contributed by atoms with Crippen LogP contribution in [0.1, 0.15) is 0 Å². The minimum atomic E-state index is -0.540. The highest BCUT2D eigenvalue weighted by molar-refractivity contribution is 5.88. The molecule has 6 nitrogen and oxygen atoms in total. The third-order valence-corrected chi connectivity index (χ3v) is 1.89. The Morgan fingerprint density at radius 2 is 2.40 bits per heavy atom. The fraction of sp³-hybridized carbons (Fsp3) is 0.111. The van der Waals surface area contributed by atoms with Gasteiger partial charge >= 0.3 is 6.09 Å². The average Bonchev–Trinajstić information content (AvgIpc) is 2.60. The third kappa shape index (κ3) is 1.69. The van der Waals surface area contributed by atoms with Gasteiger partial charge in [0.25, 0.3) is 0 Å². The molecule has 0 saturated carbocycles. The molecule has 1 aromatic heterocycles. The molecule has 78 valence electrons. The number of carbonyl (C=O) groups is 1. The van der Waals surface area contributed by atoms with E-state index in [1.165, 1.54) is 7.05 Å². The Kier molecular flexibility index (Phi) is 2.17. The Labute approximate surface area is 85.0 Å². The molecule has 15 heavy (non-hydrogen) atoms. The van der Waals surface area contributed by atoms with Gasteiger partial charge in [0.1, 0.15) is 5.75 Å². The van der Waals surface area contributed by atoms with Crippen LogP contribution in [-0.2, 0) is 0 Å². The van der Waals surface area contributed by atoms with E-state index in [1.807, 2.05) is 0 Å². The molecule has 0 fully saturated rings. The fourth-order valence-corrected chi connectivity index (χ4v) is 1.16. The Bertz CT molecular complexity index is 506. The number of carbonyl (C=O) groups excluding carboxylic acids is 1. The standard InChI is InChI=1S/C9H9N3O3/c1-11-9(13)14-5-2-3-6-7(4-5)15-12-8(6)10/h2-4H,1H3,(H2,10,12)(H,11,13). The first-order valence-electron chi connectivity index (χ1n) is 4.25. The van der Waals surface area contributed by atoms with Crippen LogP contribution in [0.25, 0.3) is 11.0 Å². The van der Waals surface area contributed by atoms with Crippen molar-refractivity contribution in [1.29, 1.82) is 0 Å². The molecule has 1 amide bonds. The van der Waals surface area contributed by atoms with Gasteiger partial charge in [-0.2, -0.15) is 0 Å². The van der Waals surface area contributed by atoms with Gasteiger partial charge in [-0.3, -0.25) is 0 Å². The van der Waals surface area contributed by atoms with Crippen molar-refractivity contribution in [3.8, 4) is 5.75 Å². The maximum atomic E-state index is 10.9. The van der Waals surface area contributed by atoms with E-state index in [4.69, 9.17) is 15.0 Å². The van der Waals surface area contributed by atoms with Gasteiger partial charge in [0.2, 0.25) is 0 Å². The van der Waals surface area contributed by atoms with Crippen molar-refractivity contribution >= 4 is 22.9 Å². The summed E-state index contributed by atoms with van der Waals surface area (Å²) in [5, 5.41) is 6.61. The zero-order chi connectivity index (χ0) is 10.8. The van der Waals surface area contributed by atoms with E-state index in [1.54, 1.807) is 18.2 Å². The van der Waals surface area contributed by atoms with Crippen LogP contribution in [0.3, 0.4) is 0 Å². The van der Waals surface area contributed by atoms with Crippen LogP contribution in [0.15, 0.2) is 22.7 Å². The van der Waals surface area contributed by atoms with Crippen LogP contribution in [0.4, 0.5) is 10.6 Å². The van der Waals surface area contributed by atoms with Gasteiger partial charge in [0, 0.05) is 13.1 Å². The Hall–Kier alpha value is -2.24. The summed E-state index contributed by atoms with van der Waals surface area (Å²) in [6.45, 7) is 0. The van der Waals surface area contributed by atoms with Crippen LogP contribution in [0.5, 0.6) is 5.75 Å². The molecule has 0 aliphatic carbocycles. The molecule has 1 heterocycles. The van der Waals surface area contributed by atoms with Gasteiger partial charge in [0.15, 0.2) is 11.4 Å². The first kappa shape index (κ1) is 9.32. The van der Waals surface area contributed by atoms with Crippen LogP contribution < -0.4 is 15.8 Å². The van der Waals surface area contributed by atoms with E-state index in [9.17, 15) is 4.79 Å². The molecule has 0 saturated heterocycles. The van der Waals surface area contributed by atoms with Gasteiger partial charge in [-0.25, -0.2) is 4.79 Å². The molecule has 0 unspecified atom stereocenters. The molecule has 0 bridgehead atoms. The summed E-state index contributed by atoms with van der Waals surface area (Å²) in [5.41, 5.74) is 6.01. The van der Waals surface area contributed by atoms with Gasteiger partial charge in [-0.15, -0.1) is 0 Å². The SMILES string of the molecule is CNC(=O)Oc1ccc2c(N)noc2c1. The quantitative estimate of drug-likeness (QED) is 0.731. The molecule has 6 heteroatoms. The summed E-state index contributed by atoms with van der Waals surface area (Å²) in [4.78, 5) is 10.9. The lowest BCUT2D eigenvalue weighted by Crippen LogP contribution is -2.21. The summed E-state index contributed by atoms with van der Waals surface area (Å²) >= 11 is 0. The number of nitrogens with two attached hydrogens (primary N) is 1. The van der Waals surface area contributed by atoms with E-state index < -0.39 is 6.09 Å². The number of rotatable bonds is 1. The summed E-state index contributed by atoms with van der Waals surface area (Å²) in [6, 6.07) is 4.85. The van der Waals surface area contributed by atoms with Gasteiger partial charge in [-0.05, 0) is 12.1 Å². The maximum absolute atomic E-state index is 10.9. The Balaban J connectivity index is 2.35. The Morgan fingerprint density at radius 3 is 3.13 bits per heavy atom. The molecular weight excluding hydrogens is 198 g/mol. The second-order valence-corrected chi connectivity index (χ2v) is 2.87. The fourth-order valence-electron chi connectivity index (χ4n) is 1.16. The van der Waals surface area contributed by atoms with E-state index in [-0.39, 0.29) is 0 Å². The number of amides is 1. The van der Waals surface area contributed by atoms with Crippen molar-refractivity contribution in [2.75, 3.05) is 12.8 Å². The van der Waals surface area contributed by atoms with Crippen molar-refractivity contribution in [2.24, 2.45) is 0 Å². The normalized spacial score (nSPS) is 10.2. The van der Waals surface area contributed by atoms with E-state index in [0.717, 1.165) is 0 Å². The molecule has 0 aliphatic heterocycles. The van der Waals surface area contributed by atoms with Crippen LogP contribution in [0.2, 0.25) is 0 Å². The third-order valence-electron chi connectivity index (χ3n) is 1.89. The summed E-state index contributed by atoms with van der Waals surface area (Å²) < 4.78 is 9.82. The first-order valence-corrected chi connectivity index (χ1v) is 4.25. The number of benzene rings is 1. The first-order chi connectivity index (χ1) is 7.20. The molecule has 0 spiro atoms. The molecule has 0 atom stereocenters. The van der Waals surface area contributed by atoms with Crippen LogP contribution >= 0.6 is 0 Å². The number of nitrogens with one attached hydrogen (secondary N) is 1. The molecular formula is C9H9N3O3. The van der Waals surface area contributed by atoms with Gasteiger partial charge in [-0.1, -0.05) is 5.16 Å². The maximum Gasteiger partial charge on any atom is 0.412 e. The number of ether oxygens (including phenoxy) is 1. The van der Waals surface area contributed by atoms with Crippen molar-refractivity contribution in [3.63, 3.8) is 0 Å². The molecule has 0 aliphatic rings. The van der Waals surface area contributed by atoms with Gasteiger partial charge in [0.05, 0.1) is 5.39 Å². The minimum absolute atomic E-state index is 0.316. The number of hydrogen-bond donors (Lipinski definition) is 2. The number of anilines is 1. The van der Waals surface area contributed by atoms with Crippen molar-refractivity contribution in [3.05, 3.63) is 18.2 Å². The molecule has 2 rings (SSSR count). The summed E-state index contributed by atoms with van der Waals surface area (Å²) in [6.07, 6.45) is -0.540. The number of nitrogens with zero attached hydrogens (tertiary/aromatic N) is 1. The lowest BCUT2D eigenvalue weighted by molar-refractivity contribution is 0.203. The number of aromatic nitrogens is 1. The minimum Gasteiger partial charge on any atom is -0.410 e. The summed E-state index contributed by atoms with van der Waals surface area (Å²) in [7, 11) is 1.48. The lowest BCUT2D eigenvalue weighted by Gasteiger charge is -2.01. The lowest BCUT2D eigenvalue weighted by atomic mass is 10.2. The summed E-state index contributed by atoms with van der Waals surface area (Å²) in [5.74, 6) is 0.689. The highest BCUT2D eigenvalue weighted by Gasteiger charge is 2.07. The molecule has 0 radical (unpaired) electrons. The topological polar surface area (TPSA) is 90.4 Å². The van der Waals surface area contributed by atoms with E-state index in [2.05, 4.69) is 10.5 Å². The largest absolute Gasteiger partial charge is 0.412 e. The monoisotopic (exact) mass is 207 g/mol. The highest BCUT2D eigenvalue weighted by Crippen LogP contribution is 2.24. The predicted molar refractivity (Wildman–Crippen MR) is 53.5 cm³/mol. The number of fused-ring (bicyclic) bond motifs is 1. The van der Waals surface area contributed by atoms with Crippen molar-refractivity contribution < 1.29 is 14.1 Å². The number of nitrogen functional groups attached to an aromatic ring is 1. The molecule has 3 N–H and O–H groups in total.